The number of anilines is 2. The molecule has 0 radical (unpaired) electrons. The van der Waals surface area contributed by atoms with Crippen LogP contribution in [0.4, 0.5) is 17.1 Å². The van der Waals surface area contributed by atoms with Gasteiger partial charge in [0, 0.05) is 34.7 Å². The number of nitro benzene ring substituents is 1. The van der Waals surface area contributed by atoms with Gasteiger partial charge in [0.25, 0.3) is 5.69 Å². The van der Waals surface area contributed by atoms with Crippen molar-refractivity contribution in [3.05, 3.63) is 135 Å². The van der Waals surface area contributed by atoms with Crippen molar-refractivity contribution in [2.24, 2.45) is 23.7 Å². The molecule has 4 aliphatic rings. The monoisotopic (exact) mass is 703 g/mol. The number of phenols is 1. The van der Waals surface area contributed by atoms with Crippen LogP contribution in [0.3, 0.4) is 0 Å². The zero-order valence-corrected chi connectivity index (χ0v) is 27.9. The van der Waals surface area contributed by atoms with Crippen LogP contribution in [0.2, 0.25) is 5.02 Å². The van der Waals surface area contributed by atoms with Crippen LogP contribution in [-0.2, 0) is 24.6 Å². The lowest BCUT2D eigenvalue weighted by Gasteiger charge is -2.51. The summed E-state index contributed by atoms with van der Waals surface area (Å²) in [4.78, 5) is 71.9. The third kappa shape index (κ3) is 4.64. The number of phenolic OH excluding ortho intramolecular Hbond substituents is 1. The molecule has 2 aliphatic carbocycles. The summed E-state index contributed by atoms with van der Waals surface area (Å²) in [6.07, 6.45) is 2.15. The molecule has 12 heteroatoms. The van der Waals surface area contributed by atoms with Gasteiger partial charge in [0.1, 0.15) is 11.5 Å². The van der Waals surface area contributed by atoms with E-state index in [2.05, 4.69) is 0 Å². The summed E-state index contributed by atoms with van der Waals surface area (Å²) in [6, 6.07) is 25.6. The van der Waals surface area contributed by atoms with Crippen LogP contribution in [0.1, 0.15) is 29.9 Å². The highest BCUT2D eigenvalue weighted by Crippen LogP contribution is 2.65. The van der Waals surface area contributed by atoms with Crippen LogP contribution in [-0.4, -0.2) is 40.8 Å². The van der Waals surface area contributed by atoms with E-state index in [9.17, 15) is 29.6 Å². The number of carbonyl (C=O) groups excluding carboxylic acids is 4. The number of ether oxygens (including phenoxy) is 1. The van der Waals surface area contributed by atoms with Crippen molar-refractivity contribution >= 4 is 52.3 Å². The van der Waals surface area contributed by atoms with E-state index in [0.29, 0.717) is 27.4 Å². The first-order valence-electron chi connectivity index (χ1n) is 16.5. The first-order valence-corrected chi connectivity index (χ1v) is 16.8. The number of amides is 4. The second-order valence-electron chi connectivity index (χ2n) is 13.3. The van der Waals surface area contributed by atoms with Crippen molar-refractivity contribution in [1.82, 2.24) is 0 Å². The molecule has 2 heterocycles. The Hall–Kier alpha value is -5.81. The van der Waals surface area contributed by atoms with Gasteiger partial charge in [-0.3, -0.25) is 29.3 Å². The Morgan fingerprint density at radius 1 is 0.843 bits per heavy atom. The van der Waals surface area contributed by atoms with Crippen molar-refractivity contribution < 1.29 is 33.9 Å². The second-order valence-corrected chi connectivity index (χ2v) is 13.7. The smallest absolute Gasteiger partial charge is 0.271 e. The van der Waals surface area contributed by atoms with Crippen molar-refractivity contribution in [2.45, 2.75) is 24.2 Å². The molecule has 0 bridgehead atoms. The number of nitrogens with zero attached hydrogens (tertiary/aromatic N) is 3. The van der Waals surface area contributed by atoms with Gasteiger partial charge in [-0.05, 0) is 54.7 Å². The van der Waals surface area contributed by atoms with Gasteiger partial charge in [-0.15, -0.1) is 0 Å². The summed E-state index contributed by atoms with van der Waals surface area (Å²) in [5.41, 5.74) is 0.439. The number of hydrogen-bond acceptors (Lipinski definition) is 8. The van der Waals surface area contributed by atoms with Gasteiger partial charge < -0.3 is 9.84 Å². The topological polar surface area (TPSA) is 147 Å². The number of hydrogen-bond donors (Lipinski definition) is 1. The highest BCUT2D eigenvalue weighted by atomic mass is 35.5. The first kappa shape index (κ1) is 32.4. The minimum absolute atomic E-state index is 0.0653. The van der Waals surface area contributed by atoms with Crippen molar-refractivity contribution in [1.29, 1.82) is 0 Å². The molecule has 256 valence electrons. The summed E-state index contributed by atoms with van der Waals surface area (Å²) in [7, 11) is 1.45. The predicted molar refractivity (Wildman–Crippen MR) is 186 cm³/mol. The van der Waals surface area contributed by atoms with Gasteiger partial charge in [-0.25, -0.2) is 9.80 Å². The number of allylic oxidation sites excluding steroid dienone is 2. The molecule has 1 N–H and O–H groups in total. The molecule has 2 aliphatic heterocycles. The Kier molecular flexibility index (Phi) is 7.57. The number of benzene rings is 4. The highest BCUT2D eigenvalue weighted by Gasteiger charge is 2.70. The first-order chi connectivity index (χ1) is 24.6. The molecule has 11 nitrogen and oxygen atoms in total. The number of non-ortho nitro benzene ring substituents is 1. The Balaban J connectivity index is 1.35. The van der Waals surface area contributed by atoms with Gasteiger partial charge >= 0.3 is 0 Å². The Bertz CT molecular complexity index is 2210. The second kappa shape index (κ2) is 11.9. The Labute approximate surface area is 296 Å². The minimum atomic E-state index is -1.52. The molecule has 0 spiro atoms. The molecular formula is C39H30ClN3O8. The van der Waals surface area contributed by atoms with Crippen LogP contribution >= 0.6 is 11.6 Å². The zero-order chi connectivity index (χ0) is 35.8. The van der Waals surface area contributed by atoms with E-state index in [1.54, 1.807) is 42.5 Å². The van der Waals surface area contributed by atoms with Crippen LogP contribution < -0.4 is 14.5 Å². The molecule has 2 saturated heterocycles. The lowest BCUT2D eigenvalue weighted by Crippen LogP contribution is -2.53. The highest BCUT2D eigenvalue weighted by molar-refractivity contribution is 6.32. The molecule has 51 heavy (non-hydrogen) atoms. The normalized spacial score (nSPS) is 26.8. The van der Waals surface area contributed by atoms with E-state index in [-0.39, 0.29) is 35.7 Å². The number of aromatic hydroxyl groups is 1. The summed E-state index contributed by atoms with van der Waals surface area (Å²) < 4.78 is 5.81. The fraction of sp³-hybridized carbons (Fsp3) is 0.231. The van der Waals surface area contributed by atoms with Crippen molar-refractivity contribution in [3.63, 3.8) is 0 Å². The average Bonchev–Trinajstić information content (AvgIpc) is 3.52. The van der Waals surface area contributed by atoms with E-state index in [0.717, 1.165) is 4.90 Å². The number of rotatable bonds is 6. The fourth-order valence-electron chi connectivity index (χ4n) is 9.03. The van der Waals surface area contributed by atoms with Crippen LogP contribution in [0.15, 0.2) is 109 Å². The minimum Gasteiger partial charge on any atom is -0.508 e. The molecule has 0 aromatic heterocycles. The molecule has 3 fully saturated rings. The molecule has 4 amide bonds. The number of halogens is 1. The molecule has 8 rings (SSSR count). The summed E-state index contributed by atoms with van der Waals surface area (Å²) in [5.74, 6) is -5.93. The van der Waals surface area contributed by atoms with Gasteiger partial charge in [-0.2, -0.15) is 0 Å². The number of carbonyl (C=O) groups is 4. The number of imide groups is 2. The van der Waals surface area contributed by atoms with Crippen LogP contribution in [0, 0.1) is 33.8 Å². The third-order valence-electron chi connectivity index (χ3n) is 11.0. The quantitative estimate of drug-likeness (QED) is 0.106. The van der Waals surface area contributed by atoms with E-state index in [4.69, 9.17) is 16.3 Å². The predicted octanol–water partition coefficient (Wildman–Crippen LogP) is 6.33. The van der Waals surface area contributed by atoms with Crippen LogP contribution in [0.5, 0.6) is 11.5 Å². The Morgan fingerprint density at radius 2 is 1.57 bits per heavy atom. The van der Waals surface area contributed by atoms with Gasteiger partial charge in [-0.1, -0.05) is 71.8 Å². The van der Waals surface area contributed by atoms with Gasteiger partial charge in [0.2, 0.25) is 23.6 Å². The Morgan fingerprint density at radius 3 is 2.27 bits per heavy atom. The SMILES string of the molecule is COc1cc(O)ccc1[C@H]1C2=CC[C@@H]3C(=O)N(c4cccc([N+](=O)[O-])c4)C(=O)[C@@H]3[C@@H]2C[C@H]2C(=O)N(c3cccc(Cl)c3)C(=O)[C@@]12c1ccccc1. The summed E-state index contributed by atoms with van der Waals surface area (Å²) >= 11 is 6.37. The fourth-order valence-corrected chi connectivity index (χ4v) is 9.21. The van der Waals surface area contributed by atoms with Crippen LogP contribution in [0.25, 0.3) is 0 Å². The number of methoxy groups -OCH3 is 1. The van der Waals surface area contributed by atoms with E-state index < -0.39 is 63.6 Å². The third-order valence-corrected chi connectivity index (χ3v) is 11.2. The van der Waals surface area contributed by atoms with Crippen molar-refractivity contribution in [2.75, 3.05) is 16.9 Å². The molecular weight excluding hydrogens is 674 g/mol. The lowest BCUT2D eigenvalue weighted by molar-refractivity contribution is -0.384. The average molecular weight is 704 g/mol. The maximum Gasteiger partial charge on any atom is 0.271 e. The van der Waals surface area contributed by atoms with E-state index in [1.807, 2.05) is 24.3 Å². The molecule has 6 atom stereocenters. The van der Waals surface area contributed by atoms with Crippen molar-refractivity contribution in [3.8, 4) is 11.5 Å². The van der Waals surface area contributed by atoms with Gasteiger partial charge in [0.05, 0.1) is 46.6 Å². The largest absolute Gasteiger partial charge is 0.508 e. The maximum absolute atomic E-state index is 15.3. The molecule has 1 saturated carbocycles. The molecule has 4 aromatic rings. The standard InChI is InChI=1S/C39H30ClN3O8/c1-51-32-19-26(44)13-14-28(32)34-27-15-16-29-33(37(47)41(35(29)45)24-11-6-12-25(18-24)43(49)50)30(27)20-31-36(46)42(23-10-5-9-22(40)17-23)38(48)39(31,34)21-7-3-2-4-8-21/h2-15,17-19,29-31,33-34,44H,16,20H2,1H3/t29-,30+,31-,33-,34+,39+/m0/s1. The van der Waals surface area contributed by atoms with E-state index in [1.165, 1.54) is 48.4 Å². The maximum atomic E-state index is 15.3. The molecule has 0 unspecified atom stereocenters. The number of nitro groups is 1. The lowest BCUT2D eigenvalue weighted by atomic mass is 9.49. The van der Waals surface area contributed by atoms with Gasteiger partial charge in [0.15, 0.2) is 0 Å². The summed E-state index contributed by atoms with van der Waals surface area (Å²) in [5, 5.41) is 22.4. The summed E-state index contributed by atoms with van der Waals surface area (Å²) in [6.45, 7) is 0. The van der Waals surface area contributed by atoms with E-state index >= 15 is 4.79 Å². The number of fused-ring (bicyclic) bond motifs is 4. The zero-order valence-electron chi connectivity index (χ0n) is 27.1. The molecule has 4 aromatic carbocycles.